The molecule has 1 rings (SSSR count). The second kappa shape index (κ2) is 9.88. The van der Waals surface area contributed by atoms with Crippen LogP contribution in [0.4, 0.5) is 0 Å². The molecule has 0 bridgehead atoms. The molecule has 0 fully saturated rings. The molecule has 6 nitrogen and oxygen atoms in total. The summed E-state index contributed by atoms with van der Waals surface area (Å²) in [6.45, 7) is 4.03. The van der Waals surface area contributed by atoms with Crippen molar-refractivity contribution in [3.05, 3.63) is 30.1 Å². The third-order valence-electron chi connectivity index (χ3n) is 2.93. The zero-order chi connectivity index (χ0) is 15.5. The summed E-state index contributed by atoms with van der Waals surface area (Å²) in [6.07, 6.45) is 4.04. The van der Waals surface area contributed by atoms with Crippen LogP contribution >= 0.6 is 0 Å². The summed E-state index contributed by atoms with van der Waals surface area (Å²) in [5.74, 6) is -0.465. The van der Waals surface area contributed by atoms with Crippen molar-refractivity contribution in [3.63, 3.8) is 0 Å². The largest absolute Gasteiger partial charge is 0.469 e. The molecule has 0 saturated carbocycles. The van der Waals surface area contributed by atoms with Crippen molar-refractivity contribution >= 4 is 11.9 Å². The molecule has 0 spiro atoms. The molecule has 21 heavy (non-hydrogen) atoms. The third-order valence-corrected chi connectivity index (χ3v) is 2.93. The average Bonchev–Trinajstić information content (AvgIpc) is 2.54. The Balaban J connectivity index is 2.61. The van der Waals surface area contributed by atoms with Crippen LogP contribution in [0.15, 0.2) is 24.5 Å². The molecule has 0 aliphatic heterocycles. The van der Waals surface area contributed by atoms with E-state index in [0.29, 0.717) is 31.9 Å². The summed E-state index contributed by atoms with van der Waals surface area (Å²) in [5, 5.41) is 0. The molecule has 0 N–H and O–H groups in total. The number of aromatic nitrogens is 1. The van der Waals surface area contributed by atoms with Gasteiger partial charge in [0.25, 0.3) is 5.91 Å². The van der Waals surface area contributed by atoms with Gasteiger partial charge in [-0.1, -0.05) is 0 Å². The molecular formula is C15H22N2O4. The van der Waals surface area contributed by atoms with Gasteiger partial charge in [-0.25, -0.2) is 0 Å². The number of amides is 1. The number of methoxy groups -OCH3 is 1. The van der Waals surface area contributed by atoms with E-state index in [4.69, 9.17) is 4.74 Å². The summed E-state index contributed by atoms with van der Waals surface area (Å²) in [5.41, 5.74) is 0.513. The van der Waals surface area contributed by atoms with Crippen LogP contribution in [0.3, 0.4) is 0 Å². The van der Waals surface area contributed by atoms with Gasteiger partial charge in [-0.15, -0.1) is 0 Å². The second-order valence-electron chi connectivity index (χ2n) is 4.41. The van der Waals surface area contributed by atoms with Crippen molar-refractivity contribution in [2.45, 2.75) is 19.8 Å². The average molecular weight is 294 g/mol. The van der Waals surface area contributed by atoms with E-state index in [1.807, 2.05) is 6.92 Å². The smallest absolute Gasteiger partial charge is 0.307 e. The lowest BCUT2D eigenvalue weighted by molar-refractivity contribution is -0.140. The van der Waals surface area contributed by atoms with Crippen molar-refractivity contribution in [3.8, 4) is 0 Å². The molecule has 0 radical (unpaired) electrons. The fourth-order valence-corrected chi connectivity index (χ4v) is 1.82. The molecule has 0 aromatic carbocycles. The van der Waals surface area contributed by atoms with Gasteiger partial charge >= 0.3 is 5.97 Å². The van der Waals surface area contributed by atoms with Crippen molar-refractivity contribution in [2.24, 2.45) is 0 Å². The fourth-order valence-electron chi connectivity index (χ4n) is 1.82. The van der Waals surface area contributed by atoms with Crippen LogP contribution in [-0.2, 0) is 14.3 Å². The molecule has 1 aromatic heterocycles. The molecule has 0 aliphatic carbocycles. The number of esters is 1. The number of nitrogens with zero attached hydrogens (tertiary/aromatic N) is 2. The van der Waals surface area contributed by atoms with Crippen molar-refractivity contribution in [1.82, 2.24) is 9.88 Å². The van der Waals surface area contributed by atoms with Crippen LogP contribution in [0.5, 0.6) is 0 Å². The van der Waals surface area contributed by atoms with E-state index in [2.05, 4.69) is 9.72 Å². The first-order chi connectivity index (χ1) is 10.2. The van der Waals surface area contributed by atoms with Crippen LogP contribution in [0, 0.1) is 0 Å². The SMILES string of the molecule is CCOCCCN(CCC(=O)OC)C(=O)c1cccnc1. The second-order valence-corrected chi connectivity index (χ2v) is 4.41. The van der Waals surface area contributed by atoms with E-state index in [1.54, 1.807) is 23.2 Å². The topological polar surface area (TPSA) is 68.7 Å². The van der Waals surface area contributed by atoms with Crippen LogP contribution < -0.4 is 0 Å². The van der Waals surface area contributed by atoms with Crippen LogP contribution in [-0.4, -0.2) is 55.2 Å². The predicted molar refractivity (Wildman–Crippen MR) is 77.9 cm³/mol. The maximum atomic E-state index is 12.4. The highest BCUT2D eigenvalue weighted by atomic mass is 16.5. The van der Waals surface area contributed by atoms with Gasteiger partial charge in [-0.05, 0) is 25.5 Å². The molecule has 116 valence electrons. The van der Waals surface area contributed by atoms with E-state index in [0.717, 1.165) is 6.42 Å². The quantitative estimate of drug-likeness (QED) is 0.510. The van der Waals surface area contributed by atoms with Crippen molar-refractivity contribution < 1.29 is 19.1 Å². The molecule has 1 heterocycles. The minimum absolute atomic E-state index is 0.136. The first-order valence-electron chi connectivity index (χ1n) is 7.03. The van der Waals surface area contributed by atoms with Gasteiger partial charge in [0.1, 0.15) is 0 Å². The van der Waals surface area contributed by atoms with E-state index in [9.17, 15) is 9.59 Å². The van der Waals surface area contributed by atoms with Crippen LogP contribution in [0.2, 0.25) is 0 Å². The Labute approximate surface area is 125 Å². The van der Waals surface area contributed by atoms with Crippen molar-refractivity contribution in [2.75, 3.05) is 33.4 Å². The van der Waals surface area contributed by atoms with Gasteiger partial charge in [0.15, 0.2) is 0 Å². The summed E-state index contributed by atoms with van der Waals surface area (Å²) in [6, 6.07) is 3.43. The number of carbonyl (C=O) groups is 2. The minimum atomic E-state index is -0.330. The number of hydrogen-bond donors (Lipinski definition) is 0. The summed E-state index contributed by atoms with van der Waals surface area (Å²) < 4.78 is 9.89. The molecule has 0 aliphatic rings. The predicted octanol–water partition coefficient (Wildman–Crippen LogP) is 1.51. The Bertz CT molecular complexity index is 437. The van der Waals surface area contributed by atoms with E-state index in [1.165, 1.54) is 13.3 Å². The number of carbonyl (C=O) groups excluding carboxylic acids is 2. The highest BCUT2D eigenvalue weighted by Gasteiger charge is 2.16. The normalized spacial score (nSPS) is 10.2. The lowest BCUT2D eigenvalue weighted by Gasteiger charge is -2.22. The summed E-state index contributed by atoms with van der Waals surface area (Å²) >= 11 is 0. The van der Waals surface area contributed by atoms with Crippen molar-refractivity contribution in [1.29, 1.82) is 0 Å². The molecular weight excluding hydrogens is 272 g/mol. The first-order valence-corrected chi connectivity index (χ1v) is 7.03. The maximum Gasteiger partial charge on any atom is 0.307 e. The summed E-state index contributed by atoms with van der Waals surface area (Å²) in [4.78, 5) is 29.2. The number of ether oxygens (including phenoxy) is 2. The molecule has 0 atom stereocenters. The van der Waals surface area contributed by atoms with E-state index < -0.39 is 0 Å². The van der Waals surface area contributed by atoms with E-state index in [-0.39, 0.29) is 18.3 Å². The van der Waals surface area contributed by atoms with Gasteiger partial charge in [-0.3, -0.25) is 14.6 Å². The molecule has 1 amide bonds. The lowest BCUT2D eigenvalue weighted by atomic mass is 10.2. The van der Waals surface area contributed by atoms with E-state index >= 15 is 0 Å². The molecule has 6 heteroatoms. The van der Waals surface area contributed by atoms with Gasteiger partial charge in [-0.2, -0.15) is 0 Å². The van der Waals surface area contributed by atoms with Crippen LogP contribution in [0.1, 0.15) is 30.1 Å². The standard InChI is InChI=1S/C15H22N2O4/c1-3-21-11-5-9-17(10-7-14(18)20-2)15(19)13-6-4-8-16-12-13/h4,6,8,12H,3,5,7,9-11H2,1-2H3. The number of pyridine rings is 1. The van der Waals surface area contributed by atoms with Gasteiger partial charge < -0.3 is 14.4 Å². The monoisotopic (exact) mass is 294 g/mol. The maximum absolute atomic E-state index is 12.4. The van der Waals surface area contributed by atoms with Gasteiger partial charge in [0.2, 0.25) is 0 Å². The highest BCUT2D eigenvalue weighted by Crippen LogP contribution is 2.06. The lowest BCUT2D eigenvalue weighted by Crippen LogP contribution is -2.34. The molecule has 0 unspecified atom stereocenters. The van der Waals surface area contributed by atoms with Crippen LogP contribution in [0.25, 0.3) is 0 Å². The third kappa shape index (κ3) is 6.35. The Kier molecular flexibility index (Phi) is 8.04. The Morgan fingerprint density at radius 1 is 1.33 bits per heavy atom. The Morgan fingerprint density at radius 2 is 2.14 bits per heavy atom. The number of rotatable bonds is 9. The summed E-state index contributed by atoms with van der Waals surface area (Å²) in [7, 11) is 1.34. The Morgan fingerprint density at radius 3 is 2.76 bits per heavy atom. The van der Waals surface area contributed by atoms with Gasteiger partial charge in [0, 0.05) is 38.7 Å². The molecule has 1 aromatic rings. The fraction of sp³-hybridized carbons (Fsp3) is 0.533. The Hall–Kier alpha value is -1.95. The van der Waals surface area contributed by atoms with Gasteiger partial charge in [0.05, 0.1) is 19.1 Å². The zero-order valence-electron chi connectivity index (χ0n) is 12.6. The number of hydrogen-bond acceptors (Lipinski definition) is 5. The molecule has 0 saturated heterocycles. The zero-order valence-corrected chi connectivity index (χ0v) is 12.6. The minimum Gasteiger partial charge on any atom is -0.469 e. The highest BCUT2D eigenvalue weighted by molar-refractivity contribution is 5.94. The first kappa shape index (κ1) is 17.1.